The molecule has 1 aliphatic rings. The highest BCUT2D eigenvalue weighted by Gasteiger charge is 2.17. The first kappa shape index (κ1) is 17.0. The average molecular weight is 349 g/mol. The minimum absolute atomic E-state index is 0.217. The number of nitrogens with one attached hydrogen (secondary N) is 2. The number of carbonyl (C=O) groups excluding carboxylic acids is 1. The average Bonchev–Trinajstić information content (AvgIpc) is 3.23. The Kier molecular flexibility index (Phi) is 5.52. The van der Waals surface area contributed by atoms with Gasteiger partial charge in [-0.1, -0.05) is 23.5 Å². The van der Waals surface area contributed by atoms with Crippen LogP contribution in [0.3, 0.4) is 0 Å². The molecule has 9 heteroatoms. The first-order valence-electron chi connectivity index (χ1n) is 8.33. The molecule has 0 aliphatic carbocycles. The Balaban J connectivity index is 1.54. The zero-order valence-electron chi connectivity index (χ0n) is 14.0. The third-order valence-corrected chi connectivity index (χ3v) is 4.89. The van der Waals surface area contributed by atoms with Gasteiger partial charge in [0.1, 0.15) is 0 Å². The Morgan fingerprint density at radius 1 is 1.50 bits per heavy atom. The van der Waals surface area contributed by atoms with Gasteiger partial charge in [-0.25, -0.2) is 0 Å². The van der Waals surface area contributed by atoms with Crippen molar-refractivity contribution in [2.45, 2.75) is 45.7 Å². The van der Waals surface area contributed by atoms with Crippen LogP contribution in [0.2, 0.25) is 0 Å². The molecule has 8 nitrogen and oxygen atoms in total. The van der Waals surface area contributed by atoms with Crippen molar-refractivity contribution in [2.24, 2.45) is 5.92 Å². The molecule has 3 heterocycles. The van der Waals surface area contributed by atoms with Crippen LogP contribution in [0, 0.1) is 5.92 Å². The molecule has 2 N–H and O–H groups in total. The molecule has 2 aromatic rings. The summed E-state index contributed by atoms with van der Waals surface area (Å²) >= 11 is 1.32. The maximum absolute atomic E-state index is 12.3. The van der Waals surface area contributed by atoms with Crippen molar-refractivity contribution in [3.05, 3.63) is 22.5 Å². The van der Waals surface area contributed by atoms with E-state index in [0.717, 1.165) is 30.2 Å². The number of amides is 1. The van der Waals surface area contributed by atoms with Gasteiger partial charge >= 0.3 is 0 Å². The van der Waals surface area contributed by atoms with Crippen LogP contribution in [-0.2, 0) is 13.1 Å². The lowest BCUT2D eigenvalue weighted by atomic mass is 10.00. The summed E-state index contributed by atoms with van der Waals surface area (Å²) in [5.41, 5.74) is 1.29. The Bertz CT molecular complexity index is 675. The van der Waals surface area contributed by atoms with Crippen molar-refractivity contribution < 1.29 is 4.79 Å². The molecule has 1 aliphatic heterocycles. The normalized spacial score (nSPS) is 18.0. The van der Waals surface area contributed by atoms with Crippen molar-refractivity contribution in [3.8, 4) is 0 Å². The Morgan fingerprint density at radius 2 is 2.38 bits per heavy atom. The molecule has 0 spiro atoms. The number of piperidine rings is 1. The summed E-state index contributed by atoms with van der Waals surface area (Å²) in [6.07, 6.45) is 4.09. The molecule has 0 saturated carbocycles. The minimum atomic E-state index is -0.217. The van der Waals surface area contributed by atoms with Crippen molar-refractivity contribution in [2.75, 3.05) is 13.1 Å². The summed E-state index contributed by atoms with van der Waals surface area (Å²) in [4.78, 5) is 13.2. The predicted octanol–water partition coefficient (Wildman–Crippen LogP) is 1.18. The minimum Gasteiger partial charge on any atom is -0.346 e. The summed E-state index contributed by atoms with van der Waals surface area (Å²) in [5, 5.41) is 18.4. The van der Waals surface area contributed by atoms with Gasteiger partial charge in [-0.3, -0.25) is 9.48 Å². The number of hydrogen-bond donors (Lipinski definition) is 2. The zero-order chi connectivity index (χ0) is 16.9. The molecule has 1 saturated heterocycles. The molecular weight excluding hydrogens is 326 g/mol. The van der Waals surface area contributed by atoms with Gasteiger partial charge in [-0.05, 0) is 49.3 Å². The van der Waals surface area contributed by atoms with E-state index in [1.165, 1.54) is 24.4 Å². The molecular formula is C15H23N7OS. The fourth-order valence-corrected chi connectivity index (χ4v) is 3.60. The van der Waals surface area contributed by atoms with E-state index in [1.807, 2.05) is 0 Å². The zero-order valence-corrected chi connectivity index (χ0v) is 14.8. The van der Waals surface area contributed by atoms with Gasteiger partial charge in [-0.15, -0.1) is 10.2 Å². The molecule has 0 radical (unpaired) electrons. The number of carbonyl (C=O) groups is 1. The largest absolute Gasteiger partial charge is 0.346 e. The van der Waals surface area contributed by atoms with Crippen LogP contribution in [0.5, 0.6) is 0 Å². The maximum Gasteiger partial charge on any atom is 0.273 e. The second-order valence-corrected chi connectivity index (χ2v) is 7.30. The molecule has 0 aromatic carbocycles. The number of hydrogen-bond acceptors (Lipinski definition) is 7. The SMILES string of the molecule is CC(C)c1nnsc1CNC(=O)c1cn(C[C@@H]2CCCNC2)nn1. The maximum atomic E-state index is 12.3. The first-order valence-corrected chi connectivity index (χ1v) is 9.11. The standard InChI is InChI=1S/C15H23N7OS/c1-10(2)14-13(24-21-19-14)7-17-15(23)12-9-22(20-18-12)8-11-4-3-5-16-6-11/h9-11,16H,3-8H2,1-2H3,(H,17,23)/t11-/m1/s1. The molecule has 1 fully saturated rings. The van der Waals surface area contributed by atoms with Gasteiger partial charge in [0, 0.05) is 6.54 Å². The first-order chi connectivity index (χ1) is 11.6. The molecule has 1 amide bonds. The van der Waals surface area contributed by atoms with Crippen LogP contribution in [0.1, 0.15) is 53.7 Å². The number of aromatic nitrogens is 5. The van der Waals surface area contributed by atoms with Crippen molar-refractivity contribution >= 4 is 17.4 Å². The lowest BCUT2D eigenvalue weighted by Crippen LogP contribution is -2.32. The van der Waals surface area contributed by atoms with Gasteiger partial charge in [0.25, 0.3) is 5.91 Å². The van der Waals surface area contributed by atoms with E-state index in [2.05, 4.69) is 44.4 Å². The Morgan fingerprint density at radius 3 is 3.12 bits per heavy atom. The highest BCUT2D eigenvalue weighted by atomic mass is 32.1. The summed E-state index contributed by atoms with van der Waals surface area (Å²) in [5.74, 6) is 0.625. The third kappa shape index (κ3) is 4.15. The molecule has 3 rings (SSSR count). The van der Waals surface area contributed by atoms with Crippen molar-refractivity contribution in [3.63, 3.8) is 0 Å². The van der Waals surface area contributed by atoms with E-state index >= 15 is 0 Å². The lowest BCUT2D eigenvalue weighted by molar-refractivity contribution is 0.0946. The van der Waals surface area contributed by atoms with E-state index < -0.39 is 0 Å². The second-order valence-electron chi connectivity index (χ2n) is 6.46. The van der Waals surface area contributed by atoms with Crippen molar-refractivity contribution in [1.29, 1.82) is 0 Å². The van der Waals surface area contributed by atoms with Crippen LogP contribution in [0.15, 0.2) is 6.20 Å². The molecule has 0 unspecified atom stereocenters. The van der Waals surface area contributed by atoms with Gasteiger partial charge in [0.05, 0.1) is 23.3 Å². The van der Waals surface area contributed by atoms with Crippen LogP contribution in [0.4, 0.5) is 0 Å². The molecule has 130 valence electrons. The van der Waals surface area contributed by atoms with Gasteiger partial charge in [-0.2, -0.15) is 0 Å². The topological polar surface area (TPSA) is 97.6 Å². The summed E-state index contributed by atoms with van der Waals surface area (Å²) in [6.45, 7) is 7.43. The molecule has 24 heavy (non-hydrogen) atoms. The van der Waals surface area contributed by atoms with Gasteiger partial charge in [0.15, 0.2) is 5.69 Å². The third-order valence-electron chi connectivity index (χ3n) is 4.16. The smallest absolute Gasteiger partial charge is 0.273 e. The van der Waals surface area contributed by atoms with Crippen LogP contribution in [0.25, 0.3) is 0 Å². The second kappa shape index (κ2) is 7.80. The van der Waals surface area contributed by atoms with Crippen LogP contribution in [-0.4, -0.2) is 43.6 Å². The fraction of sp³-hybridized carbons (Fsp3) is 0.667. The van der Waals surface area contributed by atoms with E-state index in [4.69, 9.17) is 0 Å². The quantitative estimate of drug-likeness (QED) is 0.813. The van der Waals surface area contributed by atoms with E-state index in [-0.39, 0.29) is 5.91 Å². The molecule has 2 aromatic heterocycles. The van der Waals surface area contributed by atoms with Crippen LogP contribution < -0.4 is 10.6 Å². The summed E-state index contributed by atoms with van der Waals surface area (Å²) < 4.78 is 5.73. The van der Waals surface area contributed by atoms with E-state index in [1.54, 1.807) is 10.9 Å². The van der Waals surface area contributed by atoms with Crippen molar-refractivity contribution in [1.82, 2.24) is 35.2 Å². The monoisotopic (exact) mass is 349 g/mol. The molecule has 0 bridgehead atoms. The Labute approximate surface area is 145 Å². The van der Waals surface area contributed by atoms with E-state index in [9.17, 15) is 4.79 Å². The Hall–Kier alpha value is -1.87. The number of nitrogens with zero attached hydrogens (tertiary/aromatic N) is 5. The van der Waals surface area contributed by atoms with Gasteiger partial charge in [0.2, 0.25) is 0 Å². The highest BCUT2D eigenvalue weighted by Crippen LogP contribution is 2.19. The molecule has 1 atom stereocenters. The predicted molar refractivity (Wildman–Crippen MR) is 90.8 cm³/mol. The number of rotatable bonds is 6. The summed E-state index contributed by atoms with van der Waals surface area (Å²) in [6, 6.07) is 0. The lowest BCUT2D eigenvalue weighted by Gasteiger charge is -2.22. The summed E-state index contributed by atoms with van der Waals surface area (Å²) in [7, 11) is 0. The van der Waals surface area contributed by atoms with E-state index in [0.29, 0.717) is 24.1 Å². The highest BCUT2D eigenvalue weighted by molar-refractivity contribution is 7.05. The fourth-order valence-electron chi connectivity index (χ4n) is 2.86. The van der Waals surface area contributed by atoms with Crippen LogP contribution >= 0.6 is 11.5 Å². The van der Waals surface area contributed by atoms with Gasteiger partial charge < -0.3 is 10.6 Å².